The van der Waals surface area contributed by atoms with Crippen LogP contribution in [0.4, 0.5) is 0 Å². The largest absolute Gasteiger partial charge is 0.476 e. The molecule has 0 bridgehead atoms. The van der Waals surface area contributed by atoms with E-state index in [0.29, 0.717) is 0 Å². The van der Waals surface area contributed by atoms with Crippen molar-refractivity contribution in [3.63, 3.8) is 0 Å². The Labute approximate surface area is 92.0 Å². The second-order valence-corrected chi connectivity index (χ2v) is 5.66. The van der Waals surface area contributed by atoms with Gasteiger partial charge in [0.1, 0.15) is 6.10 Å². The summed E-state index contributed by atoms with van der Waals surface area (Å²) in [5.74, 6) is -2.43. The van der Waals surface area contributed by atoms with Gasteiger partial charge in [0.25, 0.3) is 0 Å². The Morgan fingerprint density at radius 3 is 2.44 bits per heavy atom. The van der Waals surface area contributed by atoms with Crippen LogP contribution >= 0.6 is 0 Å². The van der Waals surface area contributed by atoms with Crippen LogP contribution in [0.1, 0.15) is 13.3 Å². The molecule has 1 rings (SSSR count). The van der Waals surface area contributed by atoms with Gasteiger partial charge in [-0.2, -0.15) is 0 Å². The van der Waals surface area contributed by atoms with Crippen LogP contribution in [0.2, 0.25) is 0 Å². The standard InChI is InChI=1S/C8H11NO6S/c1-5(10)7(8(11)12)9-15-6-2-3-16(13,14)4-6/h6H,2-4H2,1H3,(H,11,12)/b9-7+. The molecule has 0 saturated carbocycles. The van der Waals surface area contributed by atoms with Gasteiger partial charge in [0, 0.05) is 13.3 Å². The number of oxime groups is 1. The number of rotatable bonds is 4. The highest BCUT2D eigenvalue weighted by Crippen LogP contribution is 2.14. The molecule has 0 amide bonds. The van der Waals surface area contributed by atoms with E-state index in [0.717, 1.165) is 6.92 Å². The summed E-state index contributed by atoms with van der Waals surface area (Å²) in [6.07, 6.45) is -0.407. The highest BCUT2D eigenvalue weighted by Gasteiger charge is 2.30. The Hall–Kier alpha value is -1.44. The number of hydrogen-bond acceptors (Lipinski definition) is 6. The summed E-state index contributed by atoms with van der Waals surface area (Å²) in [5, 5.41) is 11.7. The van der Waals surface area contributed by atoms with Crippen molar-refractivity contribution in [1.82, 2.24) is 0 Å². The molecule has 0 aromatic heterocycles. The molecule has 0 aliphatic carbocycles. The zero-order valence-electron chi connectivity index (χ0n) is 8.54. The zero-order valence-corrected chi connectivity index (χ0v) is 9.36. The number of carbonyl (C=O) groups excluding carboxylic acids is 1. The van der Waals surface area contributed by atoms with Crippen LogP contribution in [-0.4, -0.2) is 48.6 Å². The van der Waals surface area contributed by atoms with E-state index in [1.807, 2.05) is 0 Å². The van der Waals surface area contributed by atoms with E-state index in [1.165, 1.54) is 0 Å². The third-order valence-corrected chi connectivity index (χ3v) is 3.76. The molecule has 1 heterocycles. The molecule has 90 valence electrons. The van der Waals surface area contributed by atoms with Crippen molar-refractivity contribution in [1.29, 1.82) is 0 Å². The van der Waals surface area contributed by atoms with Crippen molar-refractivity contribution in [3.8, 4) is 0 Å². The van der Waals surface area contributed by atoms with E-state index in [1.54, 1.807) is 0 Å². The predicted octanol–water partition coefficient (Wildman–Crippen LogP) is -0.780. The molecule has 1 saturated heterocycles. The molecule has 7 nitrogen and oxygen atoms in total. The fraction of sp³-hybridized carbons (Fsp3) is 0.625. The molecule has 1 fully saturated rings. The first-order valence-corrected chi connectivity index (χ1v) is 6.32. The minimum absolute atomic E-state index is 0.00430. The van der Waals surface area contributed by atoms with Gasteiger partial charge in [-0.25, -0.2) is 13.2 Å². The SMILES string of the molecule is CC(=O)/C(=N\OC1CCS(=O)(=O)C1)C(=O)O. The third kappa shape index (κ3) is 3.30. The highest BCUT2D eigenvalue weighted by atomic mass is 32.2. The monoisotopic (exact) mass is 249 g/mol. The Morgan fingerprint density at radius 2 is 2.06 bits per heavy atom. The first-order valence-electron chi connectivity index (χ1n) is 4.50. The summed E-state index contributed by atoms with van der Waals surface area (Å²) in [7, 11) is -3.11. The van der Waals surface area contributed by atoms with Crippen LogP contribution in [0.5, 0.6) is 0 Å². The topological polar surface area (TPSA) is 110 Å². The lowest BCUT2D eigenvalue weighted by atomic mass is 10.3. The summed E-state index contributed by atoms with van der Waals surface area (Å²) in [6, 6.07) is 0. The minimum atomic E-state index is -3.11. The number of carboxylic acid groups (broad SMARTS) is 1. The number of carboxylic acids is 1. The quantitative estimate of drug-likeness (QED) is 0.397. The number of hydrogen-bond donors (Lipinski definition) is 1. The van der Waals surface area contributed by atoms with Crippen LogP contribution in [0.25, 0.3) is 0 Å². The van der Waals surface area contributed by atoms with Gasteiger partial charge in [0.05, 0.1) is 11.5 Å². The molecule has 1 unspecified atom stereocenters. The fourth-order valence-electron chi connectivity index (χ4n) is 1.23. The van der Waals surface area contributed by atoms with Crippen LogP contribution in [0, 0.1) is 0 Å². The smallest absolute Gasteiger partial charge is 0.361 e. The number of ketones is 1. The normalized spacial score (nSPS) is 24.1. The van der Waals surface area contributed by atoms with Gasteiger partial charge >= 0.3 is 5.97 Å². The van der Waals surface area contributed by atoms with Crippen LogP contribution in [0.15, 0.2) is 5.16 Å². The second-order valence-electron chi connectivity index (χ2n) is 3.43. The van der Waals surface area contributed by atoms with Crippen LogP contribution in [0.3, 0.4) is 0 Å². The van der Waals surface area contributed by atoms with Crippen LogP contribution < -0.4 is 0 Å². The molecule has 16 heavy (non-hydrogen) atoms. The molecule has 1 aliphatic heterocycles. The molecule has 0 radical (unpaired) electrons. The Kier molecular flexibility index (Phi) is 3.63. The first-order chi connectivity index (χ1) is 7.32. The van der Waals surface area contributed by atoms with E-state index in [2.05, 4.69) is 5.16 Å². The maximum Gasteiger partial charge on any atom is 0.361 e. The Morgan fingerprint density at radius 1 is 1.44 bits per heavy atom. The van der Waals surface area contributed by atoms with Gasteiger partial charge in [-0.1, -0.05) is 5.16 Å². The molecule has 8 heteroatoms. The number of sulfone groups is 1. The summed E-state index contributed by atoms with van der Waals surface area (Å²) < 4.78 is 22.1. The molecule has 0 spiro atoms. The van der Waals surface area contributed by atoms with Crippen molar-refractivity contribution in [3.05, 3.63) is 0 Å². The third-order valence-electron chi connectivity index (χ3n) is 2.02. The predicted molar refractivity (Wildman–Crippen MR) is 53.9 cm³/mol. The Balaban J connectivity index is 2.66. The average molecular weight is 249 g/mol. The molecule has 1 N–H and O–H groups in total. The summed E-state index contributed by atoms with van der Waals surface area (Å²) in [5.41, 5.74) is -0.732. The maximum atomic E-state index is 11.0. The van der Waals surface area contributed by atoms with Crippen molar-refractivity contribution in [2.75, 3.05) is 11.5 Å². The Bertz CT molecular complexity index is 421. The van der Waals surface area contributed by atoms with Gasteiger partial charge < -0.3 is 9.94 Å². The summed E-state index contributed by atoms with van der Waals surface area (Å²) in [6.45, 7) is 1.04. The number of nitrogens with zero attached hydrogens (tertiary/aromatic N) is 1. The van der Waals surface area contributed by atoms with Crippen molar-refractivity contribution < 1.29 is 28.0 Å². The lowest BCUT2D eigenvalue weighted by Gasteiger charge is -2.05. The van der Waals surface area contributed by atoms with Gasteiger partial charge in [-0.15, -0.1) is 0 Å². The minimum Gasteiger partial charge on any atom is -0.476 e. The number of carbonyl (C=O) groups is 2. The van der Waals surface area contributed by atoms with Gasteiger partial charge in [0.2, 0.25) is 5.71 Å². The van der Waals surface area contributed by atoms with Crippen molar-refractivity contribution in [2.24, 2.45) is 5.16 Å². The van der Waals surface area contributed by atoms with Crippen molar-refractivity contribution in [2.45, 2.75) is 19.4 Å². The maximum absolute atomic E-state index is 11.0. The van der Waals surface area contributed by atoms with Crippen LogP contribution in [-0.2, 0) is 24.3 Å². The molecule has 0 aromatic carbocycles. The van der Waals surface area contributed by atoms with E-state index in [9.17, 15) is 18.0 Å². The summed E-state index contributed by atoms with van der Waals surface area (Å²) in [4.78, 5) is 26.1. The van der Waals surface area contributed by atoms with E-state index in [4.69, 9.17) is 9.94 Å². The van der Waals surface area contributed by atoms with Gasteiger partial charge in [-0.3, -0.25) is 4.79 Å². The molecule has 1 aliphatic rings. The molecular formula is C8H11NO6S. The van der Waals surface area contributed by atoms with E-state index >= 15 is 0 Å². The second kappa shape index (κ2) is 4.60. The lowest BCUT2D eigenvalue weighted by Crippen LogP contribution is -2.23. The highest BCUT2D eigenvalue weighted by molar-refractivity contribution is 7.91. The average Bonchev–Trinajstić information content (AvgIpc) is 2.44. The number of aliphatic carboxylic acids is 1. The van der Waals surface area contributed by atoms with E-state index in [-0.39, 0.29) is 17.9 Å². The van der Waals surface area contributed by atoms with Crippen molar-refractivity contribution >= 4 is 27.3 Å². The lowest BCUT2D eigenvalue weighted by molar-refractivity contribution is -0.130. The first kappa shape index (κ1) is 12.6. The van der Waals surface area contributed by atoms with Gasteiger partial charge in [0.15, 0.2) is 15.6 Å². The molecule has 1 atom stereocenters. The van der Waals surface area contributed by atoms with Gasteiger partial charge in [-0.05, 0) is 0 Å². The zero-order chi connectivity index (χ0) is 12.3. The van der Waals surface area contributed by atoms with E-state index < -0.39 is 33.4 Å². The molecule has 0 aromatic rings. The summed E-state index contributed by atoms with van der Waals surface area (Å²) >= 11 is 0. The number of Topliss-reactive ketones (excluding diaryl/α,β-unsaturated/α-hetero) is 1. The molecular weight excluding hydrogens is 238 g/mol. The fourth-order valence-corrected chi connectivity index (χ4v) is 2.81.